The zero-order chi connectivity index (χ0) is 19.1. The maximum absolute atomic E-state index is 6.39. The number of benzene rings is 2. The molecule has 2 nitrogen and oxygen atoms in total. The molecule has 0 unspecified atom stereocenters. The summed E-state index contributed by atoms with van der Waals surface area (Å²) in [6.07, 6.45) is 3.84. The Bertz CT molecular complexity index is 678. The summed E-state index contributed by atoms with van der Waals surface area (Å²) in [5.74, 6) is 0. The normalized spacial score (nSPS) is 10.8. The van der Waals surface area contributed by atoms with Crippen molar-refractivity contribution in [3.8, 4) is 0 Å². The topological polar surface area (TPSA) is 24.1 Å². The van der Waals surface area contributed by atoms with Crippen LogP contribution in [-0.4, -0.2) is 13.1 Å². The van der Waals surface area contributed by atoms with E-state index in [1.165, 1.54) is 33.6 Å². The third-order valence-electron chi connectivity index (χ3n) is 4.88. The van der Waals surface area contributed by atoms with Crippen molar-refractivity contribution in [3.05, 3.63) is 56.6 Å². The van der Waals surface area contributed by atoms with Crippen molar-refractivity contribution < 1.29 is 0 Å². The molecule has 26 heavy (non-hydrogen) atoms. The molecular weight excluding hydrogens is 363 g/mol. The predicted octanol–water partition coefficient (Wildman–Crippen LogP) is 6.77. The van der Waals surface area contributed by atoms with E-state index in [1.54, 1.807) is 0 Å². The van der Waals surface area contributed by atoms with Gasteiger partial charge in [0.2, 0.25) is 0 Å². The average molecular weight is 393 g/mol. The predicted molar refractivity (Wildman–Crippen MR) is 117 cm³/mol. The number of rotatable bonds is 9. The van der Waals surface area contributed by atoms with E-state index in [2.05, 4.69) is 50.5 Å². The number of hydrogen-bond acceptors (Lipinski definition) is 2. The van der Waals surface area contributed by atoms with E-state index in [0.717, 1.165) is 48.8 Å². The maximum Gasteiger partial charge on any atom is 0.0458 e. The van der Waals surface area contributed by atoms with Crippen LogP contribution in [0.3, 0.4) is 0 Å². The first-order chi connectivity index (χ1) is 12.6. The van der Waals surface area contributed by atoms with Crippen LogP contribution in [0.5, 0.6) is 0 Å². The monoisotopic (exact) mass is 392 g/mol. The summed E-state index contributed by atoms with van der Waals surface area (Å²) in [5.41, 5.74) is 7.44. The summed E-state index contributed by atoms with van der Waals surface area (Å²) in [7, 11) is 0. The second-order valence-corrected chi connectivity index (χ2v) is 7.20. The standard InChI is InChI=1S/C22H30Cl2N2/c1-5-15-9-11-19(23)17(7-3)21(15)25-13-14-26-22-16(6-2)10-12-20(24)18(22)8-4/h9-12,25-26H,5-8,13-14H2,1-4H3. The van der Waals surface area contributed by atoms with Gasteiger partial charge in [0.1, 0.15) is 0 Å². The Morgan fingerprint density at radius 3 is 1.31 bits per heavy atom. The van der Waals surface area contributed by atoms with E-state index >= 15 is 0 Å². The van der Waals surface area contributed by atoms with Gasteiger partial charge in [-0.3, -0.25) is 0 Å². The second-order valence-electron chi connectivity index (χ2n) is 6.39. The van der Waals surface area contributed by atoms with Crippen molar-refractivity contribution in [2.45, 2.75) is 53.4 Å². The molecule has 0 fully saturated rings. The molecule has 0 bridgehead atoms. The van der Waals surface area contributed by atoms with Gasteiger partial charge in [0, 0.05) is 34.5 Å². The summed E-state index contributed by atoms with van der Waals surface area (Å²) >= 11 is 12.8. The first-order valence-corrected chi connectivity index (χ1v) is 10.4. The third-order valence-corrected chi connectivity index (χ3v) is 5.59. The highest BCUT2D eigenvalue weighted by Crippen LogP contribution is 2.31. The lowest BCUT2D eigenvalue weighted by atomic mass is 10.0. The molecule has 2 aromatic carbocycles. The van der Waals surface area contributed by atoms with Gasteiger partial charge in [0.15, 0.2) is 0 Å². The number of hydrogen-bond donors (Lipinski definition) is 2. The second kappa shape index (κ2) is 10.1. The van der Waals surface area contributed by atoms with Crippen LogP contribution < -0.4 is 10.6 Å². The van der Waals surface area contributed by atoms with E-state index in [4.69, 9.17) is 23.2 Å². The molecule has 0 aliphatic rings. The van der Waals surface area contributed by atoms with Gasteiger partial charge in [0.05, 0.1) is 0 Å². The maximum atomic E-state index is 6.39. The summed E-state index contributed by atoms with van der Waals surface area (Å²) in [4.78, 5) is 0. The minimum Gasteiger partial charge on any atom is -0.383 e. The summed E-state index contributed by atoms with van der Waals surface area (Å²) in [6.45, 7) is 10.3. The molecule has 0 saturated carbocycles. The molecule has 0 saturated heterocycles. The molecule has 4 heteroatoms. The van der Waals surface area contributed by atoms with Crippen LogP contribution in [0, 0.1) is 0 Å². The Kier molecular flexibility index (Phi) is 8.12. The van der Waals surface area contributed by atoms with Gasteiger partial charge in [-0.25, -0.2) is 0 Å². The molecule has 0 aliphatic carbocycles. The summed E-state index contributed by atoms with van der Waals surface area (Å²) < 4.78 is 0. The summed E-state index contributed by atoms with van der Waals surface area (Å²) in [6, 6.07) is 8.27. The lowest BCUT2D eigenvalue weighted by molar-refractivity contribution is 1.01. The molecule has 2 N–H and O–H groups in total. The Morgan fingerprint density at radius 2 is 1.00 bits per heavy atom. The molecule has 142 valence electrons. The first kappa shape index (κ1) is 20.9. The largest absolute Gasteiger partial charge is 0.383 e. The molecule has 0 heterocycles. The van der Waals surface area contributed by atoms with E-state index in [-0.39, 0.29) is 0 Å². The zero-order valence-electron chi connectivity index (χ0n) is 16.3. The fourth-order valence-corrected chi connectivity index (χ4v) is 4.02. The molecule has 2 aromatic rings. The molecular formula is C22H30Cl2N2. The fourth-order valence-electron chi connectivity index (χ4n) is 3.44. The van der Waals surface area contributed by atoms with Crippen molar-refractivity contribution in [2.24, 2.45) is 0 Å². The van der Waals surface area contributed by atoms with Gasteiger partial charge in [-0.15, -0.1) is 0 Å². The van der Waals surface area contributed by atoms with Crippen molar-refractivity contribution in [3.63, 3.8) is 0 Å². The SMILES string of the molecule is CCc1ccc(Cl)c(CC)c1NCCNc1c(CC)ccc(Cl)c1CC. The molecule has 0 aromatic heterocycles. The highest BCUT2D eigenvalue weighted by Gasteiger charge is 2.12. The van der Waals surface area contributed by atoms with Crippen LogP contribution >= 0.6 is 23.2 Å². The molecule has 2 rings (SSSR count). The fraction of sp³-hybridized carbons (Fsp3) is 0.455. The third kappa shape index (κ3) is 4.66. The van der Waals surface area contributed by atoms with Gasteiger partial charge in [-0.2, -0.15) is 0 Å². The van der Waals surface area contributed by atoms with Crippen molar-refractivity contribution in [1.82, 2.24) is 0 Å². The smallest absolute Gasteiger partial charge is 0.0458 e. The molecule has 0 radical (unpaired) electrons. The lowest BCUT2D eigenvalue weighted by Gasteiger charge is -2.19. The van der Waals surface area contributed by atoms with Crippen molar-refractivity contribution >= 4 is 34.6 Å². The first-order valence-electron chi connectivity index (χ1n) is 9.65. The molecule has 0 amide bonds. The Morgan fingerprint density at radius 1 is 0.615 bits per heavy atom. The molecule has 0 atom stereocenters. The van der Waals surface area contributed by atoms with E-state index in [1.807, 2.05) is 12.1 Å². The van der Waals surface area contributed by atoms with Crippen LogP contribution in [0.25, 0.3) is 0 Å². The minimum absolute atomic E-state index is 0.833. The number of anilines is 2. The zero-order valence-corrected chi connectivity index (χ0v) is 17.8. The van der Waals surface area contributed by atoms with Crippen molar-refractivity contribution in [2.75, 3.05) is 23.7 Å². The Hall–Kier alpha value is -1.38. The van der Waals surface area contributed by atoms with Crippen LogP contribution in [0.4, 0.5) is 11.4 Å². The Labute approximate surface area is 168 Å². The van der Waals surface area contributed by atoms with Gasteiger partial charge in [-0.05, 0) is 60.1 Å². The van der Waals surface area contributed by atoms with Crippen LogP contribution in [0.15, 0.2) is 24.3 Å². The van der Waals surface area contributed by atoms with E-state index in [0.29, 0.717) is 0 Å². The quantitative estimate of drug-likeness (QED) is 0.460. The molecule has 0 aliphatic heterocycles. The van der Waals surface area contributed by atoms with E-state index in [9.17, 15) is 0 Å². The van der Waals surface area contributed by atoms with Crippen LogP contribution in [0.2, 0.25) is 10.0 Å². The highest BCUT2D eigenvalue weighted by atomic mass is 35.5. The summed E-state index contributed by atoms with van der Waals surface area (Å²) in [5, 5.41) is 8.90. The van der Waals surface area contributed by atoms with Crippen molar-refractivity contribution in [1.29, 1.82) is 0 Å². The van der Waals surface area contributed by atoms with E-state index < -0.39 is 0 Å². The minimum atomic E-state index is 0.833. The number of aryl methyl sites for hydroxylation is 2. The number of nitrogens with one attached hydrogen (secondary N) is 2. The van der Waals surface area contributed by atoms with Crippen LogP contribution in [-0.2, 0) is 25.7 Å². The van der Waals surface area contributed by atoms with Gasteiger partial charge in [0.25, 0.3) is 0 Å². The van der Waals surface area contributed by atoms with Gasteiger partial charge >= 0.3 is 0 Å². The average Bonchev–Trinajstić information content (AvgIpc) is 2.65. The van der Waals surface area contributed by atoms with Gasteiger partial charge < -0.3 is 10.6 Å². The number of halogens is 2. The van der Waals surface area contributed by atoms with Gasteiger partial charge in [-0.1, -0.05) is 63.0 Å². The Balaban J connectivity index is 2.11. The molecule has 0 spiro atoms. The lowest BCUT2D eigenvalue weighted by Crippen LogP contribution is -2.17. The van der Waals surface area contributed by atoms with Crippen LogP contribution in [0.1, 0.15) is 49.9 Å². The highest BCUT2D eigenvalue weighted by molar-refractivity contribution is 6.32.